The molecule has 1 aromatic rings. The maximum absolute atomic E-state index is 6.14. The fraction of sp³-hybridized carbons (Fsp3) is 0.571. The summed E-state index contributed by atoms with van der Waals surface area (Å²) in [5.41, 5.74) is 1.96. The number of methoxy groups -OCH3 is 1. The minimum absolute atomic E-state index is 0.132. The van der Waals surface area contributed by atoms with E-state index in [9.17, 15) is 0 Å². The van der Waals surface area contributed by atoms with Gasteiger partial charge in [-0.1, -0.05) is 11.6 Å². The zero-order valence-corrected chi connectivity index (χ0v) is 13.9. The maximum atomic E-state index is 6.14. The van der Waals surface area contributed by atoms with E-state index < -0.39 is 0 Å². The van der Waals surface area contributed by atoms with Crippen molar-refractivity contribution in [3.05, 3.63) is 27.2 Å². The van der Waals surface area contributed by atoms with Crippen molar-refractivity contribution in [2.24, 2.45) is 0 Å². The molecule has 1 atom stereocenters. The SMILES string of the molecule is COC(C)(C)CC(C)Nc1cc(Cl)c(C)cc1Br. The molecule has 0 aliphatic carbocycles. The molecule has 1 aromatic carbocycles. The van der Waals surface area contributed by atoms with E-state index in [2.05, 4.69) is 42.0 Å². The molecule has 0 heterocycles. The monoisotopic (exact) mass is 333 g/mol. The van der Waals surface area contributed by atoms with E-state index in [0.717, 1.165) is 27.2 Å². The Balaban J connectivity index is 2.76. The molecule has 0 spiro atoms. The third-order valence-electron chi connectivity index (χ3n) is 3.00. The Morgan fingerprint density at radius 1 is 1.44 bits per heavy atom. The van der Waals surface area contributed by atoms with Crippen LogP contribution in [-0.4, -0.2) is 18.8 Å². The van der Waals surface area contributed by atoms with E-state index in [-0.39, 0.29) is 5.60 Å². The Labute approximate surface area is 123 Å². The van der Waals surface area contributed by atoms with Gasteiger partial charge in [0.1, 0.15) is 0 Å². The van der Waals surface area contributed by atoms with Gasteiger partial charge in [-0.05, 0) is 67.7 Å². The lowest BCUT2D eigenvalue weighted by Gasteiger charge is -2.28. The highest BCUT2D eigenvalue weighted by Crippen LogP contribution is 2.30. The van der Waals surface area contributed by atoms with Crippen molar-refractivity contribution in [1.82, 2.24) is 0 Å². The van der Waals surface area contributed by atoms with Crippen molar-refractivity contribution in [2.45, 2.75) is 45.8 Å². The Bertz CT molecular complexity index is 421. The molecule has 0 aliphatic heterocycles. The van der Waals surface area contributed by atoms with Crippen molar-refractivity contribution in [2.75, 3.05) is 12.4 Å². The molecule has 4 heteroatoms. The maximum Gasteiger partial charge on any atom is 0.0642 e. The van der Waals surface area contributed by atoms with E-state index in [0.29, 0.717) is 6.04 Å². The zero-order valence-electron chi connectivity index (χ0n) is 11.6. The molecule has 1 unspecified atom stereocenters. The van der Waals surface area contributed by atoms with Crippen molar-refractivity contribution in [3.8, 4) is 0 Å². The van der Waals surface area contributed by atoms with Crippen LogP contribution < -0.4 is 5.32 Å². The lowest BCUT2D eigenvalue weighted by molar-refractivity contribution is 0.0128. The smallest absolute Gasteiger partial charge is 0.0642 e. The Kier molecular flexibility index (Phi) is 5.50. The van der Waals surface area contributed by atoms with Crippen LogP contribution in [0.4, 0.5) is 5.69 Å². The summed E-state index contributed by atoms with van der Waals surface area (Å²) >= 11 is 9.70. The molecule has 0 saturated carbocycles. The average molecular weight is 335 g/mol. The standard InChI is InChI=1S/C14H21BrClNO/c1-9-6-11(15)13(7-12(9)16)17-10(2)8-14(3,4)18-5/h6-7,10,17H,8H2,1-5H3. The highest BCUT2D eigenvalue weighted by molar-refractivity contribution is 9.10. The van der Waals surface area contributed by atoms with E-state index in [4.69, 9.17) is 16.3 Å². The number of anilines is 1. The predicted octanol–water partition coefficient (Wildman–Crippen LogP) is 5.03. The normalized spacial score (nSPS) is 13.5. The first-order valence-electron chi connectivity index (χ1n) is 6.02. The topological polar surface area (TPSA) is 21.3 Å². The fourth-order valence-corrected chi connectivity index (χ4v) is 2.63. The van der Waals surface area contributed by atoms with E-state index in [1.54, 1.807) is 7.11 Å². The van der Waals surface area contributed by atoms with Crippen LogP contribution in [0.25, 0.3) is 0 Å². The summed E-state index contributed by atoms with van der Waals surface area (Å²) in [5, 5.41) is 4.23. The Hall–Kier alpha value is -0.250. The lowest BCUT2D eigenvalue weighted by Crippen LogP contribution is -2.31. The summed E-state index contributed by atoms with van der Waals surface area (Å²) in [5.74, 6) is 0. The van der Waals surface area contributed by atoms with E-state index in [1.807, 2.05) is 19.1 Å². The van der Waals surface area contributed by atoms with Crippen molar-refractivity contribution in [1.29, 1.82) is 0 Å². The summed E-state index contributed by atoms with van der Waals surface area (Å²) in [6.07, 6.45) is 0.918. The quantitative estimate of drug-likeness (QED) is 0.815. The van der Waals surface area contributed by atoms with Crippen LogP contribution in [0.15, 0.2) is 16.6 Å². The molecule has 0 saturated heterocycles. The van der Waals surface area contributed by atoms with Crippen LogP contribution in [-0.2, 0) is 4.74 Å². The molecule has 18 heavy (non-hydrogen) atoms. The first kappa shape index (κ1) is 15.8. The minimum atomic E-state index is -0.132. The Morgan fingerprint density at radius 3 is 2.61 bits per heavy atom. The summed E-state index contributed by atoms with van der Waals surface area (Å²) in [6.45, 7) is 8.31. The summed E-state index contributed by atoms with van der Waals surface area (Å²) < 4.78 is 6.48. The van der Waals surface area contributed by atoms with Gasteiger partial charge in [-0.15, -0.1) is 0 Å². The van der Waals surface area contributed by atoms with Gasteiger partial charge in [0.05, 0.1) is 11.3 Å². The minimum Gasteiger partial charge on any atom is -0.382 e. The zero-order chi connectivity index (χ0) is 13.9. The van der Waals surface area contributed by atoms with Gasteiger partial charge in [0.2, 0.25) is 0 Å². The largest absolute Gasteiger partial charge is 0.382 e. The number of halogens is 2. The lowest BCUT2D eigenvalue weighted by atomic mass is 9.99. The second kappa shape index (κ2) is 6.27. The van der Waals surface area contributed by atoms with E-state index >= 15 is 0 Å². The van der Waals surface area contributed by atoms with Crippen molar-refractivity contribution in [3.63, 3.8) is 0 Å². The fourth-order valence-electron chi connectivity index (χ4n) is 1.89. The van der Waals surface area contributed by atoms with Gasteiger partial charge in [-0.25, -0.2) is 0 Å². The third-order valence-corrected chi connectivity index (χ3v) is 4.06. The summed E-state index contributed by atoms with van der Waals surface area (Å²) in [7, 11) is 1.74. The molecule has 1 N–H and O–H groups in total. The number of ether oxygens (including phenoxy) is 1. The van der Waals surface area contributed by atoms with Crippen molar-refractivity contribution < 1.29 is 4.74 Å². The Morgan fingerprint density at radius 2 is 2.06 bits per heavy atom. The van der Waals surface area contributed by atoms with Gasteiger partial charge in [0.25, 0.3) is 0 Å². The predicted molar refractivity (Wildman–Crippen MR) is 82.7 cm³/mol. The van der Waals surface area contributed by atoms with Gasteiger partial charge in [0.15, 0.2) is 0 Å². The van der Waals surface area contributed by atoms with E-state index in [1.165, 1.54) is 0 Å². The van der Waals surface area contributed by atoms with Crippen LogP contribution in [0.1, 0.15) is 32.8 Å². The molecule has 2 nitrogen and oxygen atoms in total. The second-order valence-electron chi connectivity index (χ2n) is 5.29. The molecule has 102 valence electrons. The van der Waals surface area contributed by atoms with Crippen LogP contribution in [0.5, 0.6) is 0 Å². The second-order valence-corrected chi connectivity index (χ2v) is 6.56. The van der Waals surface area contributed by atoms with Gasteiger partial charge in [-0.2, -0.15) is 0 Å². The molecule has 0 amide bonds. The third kappa shape index (κ3) is 4.45. The molecular formula is C14H21BrClNO. The van der Waals surface area contributed by atoms with Crippen LogP contribution in [0.3, 0.4) is 0 Å². The molecule has 0 fully saturated rings. The summed E-state index contributed by atoms with van der Waals surface area (Å²) in [4.78, 5) is 0. The van der Waals surface area contributed by atoms with Gasteiger partial charge in [0, 0.05) is 22.6 Å². The van der Waals surface area contributed by atoms with Crippen LogP contribution in [0.2, 0.25) is 5.02 Å². The molecule has 0 aromatic heterocycles. The van der Waals surface area contributed by atoms with Crippen LogP contribution in [0, 0.1) is 6.92 Å². The van der Waals surface area contributed by atoms with Crippen LogP contribution >= 0.6 is 27.5 Å². The molecular weight excluding hydrogens is 314 g/mol. The number of rotatable bonds is 5. The number of aryl methyl sites for hydroxylation is 1. The molecule has 0 aliphatic rings. The summed E-state index contributed by atoms with van der Waals surface area (Å²) in [6, 6.07) is 4.28. The number of benzene rings is 1. The van der Waals surface area contributed by atoms with Gasteiger partial charge >= 0.3 is 0 Å². The first-order chi connectivity index (χ1) is 8.25. The molecule has 0 bridgehead atoms. The van der Waals surface area contributed by atoms with Gasteiger partial charge in [-0.3, -0.25) is 0 Å². The number of nitrogens with one attached hydrogen (secondary N) is 1. The average Bonchev–Trinajstić information content (AvgIpc) is 2.25. The first-order valence-corrected chi connectivity index (χ1v) is 7.19. The van der Waals surface area contributed by atoms with Crippen molar-refractivity contribution >= 4 is 33.2 Å². The highest BCUT2D eigenvalue weighted by atomic mass is 79.9. The number of hydrogen-bond acceptors (Lipinski definition) is 2. The number of hydrogen-bond donors (Lipinski definition) is 1. The molecule has 0 radical (unpaired) electrons. The highest BCUT2D eigenvalue weighted by Gasteiger charge is 2.20. The molecule has 1 rings (SSSR count). The van der Waals surface area contributed by atoms with Gasteiger partial charge < -0.3 is 10.1 Å².